The van der Waals surface area contributed by atoms with Crippen LogP contribution in [0.1, 0.15) is 38.3 Å². The maximum atomic E-state index is 5.84. The molecule has 0 aliphatic carbocycles. The van der Waals surface area contributed by atoms with Gasteiger partial charge in [0.05, 0.1) is 5.60 Å². The van der Waals surface area contributed by atoms with Gasteiger partial charge in [0.25, 0.3) is 0 Å². The van der Waals surface area contributed by atoms with Gasteiger partial charge in [-0.25, -0.2) is 0 Å². The van der Waals surface area contributed by atoms with E-state index in [-0.39, 0.29) is 5.60 Å². The maximum Gasteiger partial charge on any atom is 0.0598 e. The minimum absolute atomic E-state index is 0.0526. The molecule has 2 N–H and O–H groups in total. The van der Waals surface area contributed by atoms with Crippen LogP contribution in [0.3, 0.4) is 0 Å². The Bertz CT molecular complexity index is 337. The van der Waals surface area contributed by atoms with Crippen molar-refractivity contribution in [2.24, 2.45) is 11.7 Å². The van der Waals surface area contributed by atoms with Crippen molar-refractivity contribution in [3.8, 4) is 0 Å². The van der Waals surface area contributed by atoms with Gasteiger partial charge in [0.2, 0.25) is 0 Å². The molecule has 0 aliphatic heterocycles. The highest BCUT2D eigenvalue weighted by atomic mass is 16.5. The normalized spacial score (nSPS) is 13.6. The lowest BCUT2D eigenvalue weighted by Gasteiger charge is -2.22. The summed E-state index contributed by atoms with van der Waals surface area (Å²) in [5, 5.41) is 0. The van der Waals surface area contributed by atoms with Crippen molar-refractivity contribution in [3.05, 3.63) is 35.4 Å². The van der Waals surface area contributed by atoms with Crippen LogP contribution in [0.25, 0.3) is 0 Å². The predicted octanol–water partition coefficient (Wildman–Crippen LogP) is 3.32. The van der Waals surface area contributed by atoms with Gasteiger partial charge in [-0.3, -0.25) is 0 Å². The number of nitrogens with two attached hydrogens (primary N) is 1. The summed E-state index contributed by atoms with van der Waals surface area (Å²) in [5.74, 6) is 0.509. The molecule has 1 unspecified atom stereocenters. The van der Waals surface area contributed by atoms with E-state index in [0.717, 1.165) is 26.0 Å². The van der Waals surface area contributed by atoms with Gasteiger partial charge >= 0.3 is 0 Å². The zero-order valence-corrected chi connectivity index (χ0v) is 12.2. The molecule has 1 aromatic rings. The average molecular weight is 249 g/mol. The Hall–Kier alpha value is -0.860. The third kappa shape index (κ3) is 6.18. The molecule has 0 bridgehead atoms. The second-order valence-corrected chi connectivity index (χ2v) is 6.04. The van der Waals surface area contributed by atoms with Crippen molar-refractivity contribution in [3.63, 3.8) is 0 Å². The third-order valence-electron chi connectivity index (χ3n) is 3.04. The van der Waals surface area contributed by atoms with Gasteiger partial charge in [0.1, 0.15) is 0 Å². The number of rotatable bonds is 6. The topological polar surface area (TPSA) is 35.2 Å². The largest absolute Gasteiger partial charge is 0.376 e. The molecule has 2 nitrogen and oxygen atoms in total. The van der Waals surface area contributed by atoms with Crippen LogP contribution in [0.4, 0.5) is 0 Å². The fourth-order valence-electron chi connectivity index (χ4n) is 1.89. The van der Waals surface area contributed by atoms with Crippen LogP contribution in [0, 0.1) is 12.8 Å². The average Bonchev–Trinajstić information content (AvgIpc) is 2.29. The number of aryl methyl sites for hydroxylation is 1. The molecule has 0 amide bonds. The van der Waals surface area contributed by atoms with Gasteiger partial charge in [-0.05, 0) is 58.6 Å². The highest BCUT2D eigenvalue weighted by Gasteiger charge is 2.13. The zero-order valence-electron chi connectivity index (χ0n) is 12.2. The molecular weight excluding hydrogens is 222 g/mol. The molecule has 2 heteroatoms. The Morgan fingerprint density at radius 1 is 1.17 bits per heavy atom. The van der Waals surface area contributed by atoms with Crippen LogP contribution in [0.2, 0.25) is 0 Å². The van der Waals surface area contributed by atoms with Crippen molar-refractivity contribution in [2.75, 3.05) is 13.2 Å². The molecule has 1 aromatic carbocycles. The fraction of sp³-hybridized carbons (Fsp3) is 0.625. The minimum atomic E-state index is -0.0526. The van der Waals surface area contributed by atoms with Crippen molar-refractivity contribution in [1.82, 2.24) is 0 Å². The Labute approximate surface area is 112 Å². The van der Waals surface area contributed by atoms with Crippen LogP contribution >= 0.6 is 0 Å². The second-order valence-electron chi connectivity index (χ2n) is 6.04. The smallest absolute Gasteiger partial charge is 0.0598 e. The van der Waals surface area contributed by atoms with E-state index in [0.29, 0.717) is 5.92 Å². The maximum absolute atomic E-state index is 5.84. The van der Waals surface area contributed by atoms with Crippen LogP contribution in [-0.2, 0) is 11.2 Å². The highest BCUT2D eigenvalue weighted by Crippen LogP contribution is 2.15. The summed E-state index contributed by atoms with van der Waals surface area (Å²) in [6.45, 7) is 9.89. The van der Waals surface area contributed by atoms with Crippen LogP contribution in [-0.4, -0.2) is 18.8 Å². The molecule has 0 aliphatic rings. The first kappa shape index (κ1) is 15.2. The molecular formula is C16H27NO. The van der Waals surface area contributed by atoms with Gasteiger partial charge in [-0.15, -0.1) is 0 Å². The van der Waals surface area contributed by atoms with E-state index in [1.165, 1.54) is 11.1 Å². The second kappa shape index (κ2) is 6.91. The lowest BCUT2D eigenvalue weighted by atomic mass is 9.96. The summed E-state index contributed by atoms with van der Waals surface area (Å²) in [5.41, 5.74) is 8.46. The van der Waals surface area contributed by atoms with Crippen LogP contribution in [0.15, 0.2) is 24.3 Å². The molecule has 0 radical (unpaired) electrons. The monoisotopic (exact) mass is 249 g/mol. The number of hydrogen-bond acceptors (Lipinski definition) is 2. The quantitative estimate of drug-likeness (QED) is 0.839. The summed E-state index contributed by atoms with van der Waals surface area (Å²) in [4.78, 5) is 0. The first-order valence-electron chi connectivity index (χ1n) is 6.80. The third-order valence-corrected chi connectivity index (χ3v) is 3.04. The summed E-state index contributed by atoms with van der Waals surface area (Å²) < 4.78 is 5.76. The Balaban J connectivity index is 2.40. The predicted molar refractivity (Wildman–Crippen MR) is 77.7 cm³/mol. The van der Waals surface area contributed by atoms with E-state index in [4.69, 9.17) is 10.5 Å². The summed E-state index contributed by atoms with van der Waals surface area (Å²) in [6, 6.07) is 8.72. The number of benzene rings is 1. The first-order chi connectivity index (χ1) is 8.40. The molecule has 0 aromatic heterocycles. The minimum Gasteiger partial charge on any atom is -0.376 e. The van der Waals surface area contributed by atoms with Crippen molar-refractivity contribution in [1.29, 1.82) is 0 Å². The van der Waals surface area contributed by atoms with Crippen molar-refractivity contribution < 1.29 is 4.74 Å². The molecule has 0 fully saturated rings. The molecule has 0 saturated carbocycles. The first-order valence-corrected chi connectivity index (χ1v) is 6.80. The summed E-state index contributed by atoms with van der Waals surface area (Å²) in [6.07, 6.45) is 2.08. The molecule has 18 heavy (non-hydrogen) atoms. The van der Waals surface area contributed by atoms with E-state index in [1.807, 2.05) is 0 Å². The van der Waals surface area contributed by atoms with E-state index < -0.39 is 0 Å². The molecule has 102 valence electrons. The van der Waals surface area contributed by atoms with Crippen molar-refractivity contribution >= 4 is 0 Å². The van der Waals surface area contributed by atoms with E-state index >= 15 is 0 Å². The molecule has 1 rings (SSSR count). The molecule has 0 spiro atoms. The van der Waals surface area contributed by atoms with Gasteiger partial charge < -0.3 is 10.5 Å². The van der Waals surface area contributed by atoms with Crippen LogP contribution < -0.4 is 5.73 Å². The van der Waals surface area contributed by atoms with E-state index in [1.54, 1.807) is 0 Å². The van der Waals surface area contributed by atoms with Gasteiger partial charge in [0, 0.05) is 6.61 Å². The van der Waals surface area contributed by atoms with Gasteiger partial charge in [-0.2, -0.15) is 0 Å². The Kier molecular flexibility index (Phi) is 5.83. The van der Waals surface area contributed by atoms with Crippen LogP contribution in [0.5, 0.6) is 0 Å². The Morgan fingerprint density at radius 3 is 2.28 bits per heavy atom. The SMILES string of the molecule is Cc1ccc(CC(CN)CCOC(C)(C)C)cc1. The lowest BCUT2D eigenvalue weighted by molar-refractivity contribution is -0.00886. The van der Waals surface area contributed by atoms with Crippen molar-refractivity contribution in [2.45, 2.75) is 46.1 Å². The summed E-state index contributed by atoms with van der Waals surface area (Å²) >= 11 is 0. The van der Waals surface area contributed by atoms with E-state index in [2.05, 4.69) is 52.0 Å². The van der Waals surface area contributed by atoms with Gasteiger partial charge in [0.15, 0.2) is 0 Å². The molecule has 1 atom stereocenters. The molecule has 0 heterocycles. The van der Waals surface area contributed by atoms with Gasteiger partial charge in [-0.1, -0.05) is 29.8 Å². The number of ether oxygens (including phenoxy) is 1. The summed E-state index contributed by atoms with van der Waals surface area (Å²) in [7, 11) is 0. The standard InChI is InChI=1S/C16H27NO/c1-13-5-7-14(8-6-13)11-15(12-17)9-10-18-16(2,3)4/h5-8,15H,9-12,17H2,1-4H3. The highest BCUT2D eigenvalue weighted by molar-refractivity contribution is 5.21. The lowest BCUT2D eigenvalue weighted by Crippen LogP contribution is -2.24. The molecule has 0 saturated heterocycles. The van der Waals surface area contributed by atoms with E-state index in [9.17, 15) is 0 Å². The fourth-order valence-corrected chi connectivity index (χ4v) is 1.89. The zero-order chi connectivity index (χ0) is 13.6. The number of hydrogen-bond donors (Lipinski definition) is 1. The Morgan fingerprint density at radius 2 is 1.78 bits per heavy atom.